The number of nitrogens with one attached hydrogen (secondary N) is 1. The number of benzene rings is 2. The Morgan fingerprint density at radius 3 is 2.63 bits per heavy atom. The van der Waals surface area contributed by atoms with Gasteiger partial charge in [0.2, 0.25) is 11.8 Å². The summed E-state index contributed by atoms with van der Waals surface area (Å²) in [7, 11) is 1.54. The average molecular weight is 387 g/mol. The van der Waals surface area contributed by atoms with Crippen molar-refractivity contribution in [1.82, 2.24) is 0 Å². The van der Waals surface area contributed by atoms with E-state index in [4.69, 9.17) is 16.3 Å². The Labute approximate surface area is 164 Å². The lowest BCUT2D eigenvalue weighted by Crippen LogP contribution is -2.28. The Balaban J connectivity index is 1.80. The second-order valence-electron chi connectivity index (χ2n) is 6.99. The van der Waals surface area contributed by atoms with Gasteiger partial charge in [-0.25, -0.2) is 0 Å². The molecule has 0 aliphatic carbocycles. The molecule has 1 N–H and O–H groups in total. The van der Waals surface area contributed by atoms with Crippen molar-refractivity contribution in [1.29, 1.82) is 0 Å². The number of hydrogen-bond acceptors (Lipinski definition) is 3. The van der Waals surface area contributed by atoms with Crippen LogP contribution in [0.15, 0.2) is 30.3 Å². The van der Waals surface area contributed by atoms with Crippen molar-refractivity contribution in [3.8, 4) is 5.75 Å². The molecule has 5 nitrogen and oxygen atoms in total. The first-order valence-electron chi connectivity index (χ1n) is 8.82. The highest BCUT2D eigenvalue weighted by Crippen LogP contribution is 2.37. The molecule has 142 valence electrons. The first kappa shape index (κ1) is 19.2. The molecule has 1 atom stereocenters. The van der Waals surface area contributed by atoms with Gasteiger partial charge in [-0.1, -0.05) is 23.7 Å². The third-order valence-electron chi connectivity index (χ3n) is 4.90. The topological polar surface area (TPSA) is 58.6 Å². The molecule has 3 rings (SSSR count). The van der Waals surface area contributed by atoms with Crippen LogP contribution >= 0.6 is 11.6 Å². The quantitative estimate of drug-likeness (QED) is 0.853. The molecule has 0 bridgehead atoms. The van der Waals surface area contributed by atoms with Crippen molar-refractivity contribution < 1.29 is 14.3 Å². The number of rotatable bonds is 4. The summed E-state index contributed by atoms with van der Waals surface area (Å²) in [4.78, 5) is 26.9. The van der Waals surface area contributed by atoms with Crippen LogP contribution in [-0.4, -0.2) is 25.5 Å². The van der Waals surface area contributed by atoms with Gasteiger partial charge in [-0.2, -0.15) is 0 Å². The highest BCUT2D eigenvalue weighted by Gasteiger charge is 2.36. The molecule has 2 aromatic rings. The van der Waals surface area contributed by atoms with Crippen molar-refractivity contribution >= 4 is 34.8 Å². The summed E-state index contributed by atoms with van der Waals surface area (Å²) in [5, 5.41) is 3.54. The molecule has 0 aromatic heterocycles. The number of nitrogens with zero attached hydrogens (tertiary/aromatic N) is 1. The number of hydrogen-bond donors (Lipinski definition) is 1. The maximum absolute atomic E-state index is 12.7. The van der Waals surface area contributed by atoms with E-state index in [9.17, 15) is 9.59 Å². The summed E-state index contributed by atoms with van der Waals surface area (Å²) >= 11 is 6.16. The van der Waals surface area contributed by atoms with Crippen LogP contribution in [0.3, 0.4) is 0 Å². The van der Waals surface area contributed by atoms with E-state index in [1.54, 1.807) is 11.0 Å². The Morgan fingerprint density at radius 1 is 1.19 bits per heavy atom. The number of anilines is 2. The van der Waals surface area contributed by atoms with Gasteiger partial charge in [-0.05, 0) is 49.6 Å². The molecular weight excluding hydrogens is 364 g/mol. The van der Waals surface area contributed by atoms with Gasteiger partial charge in [0.25, 0.3) is 0 Å². The van der Waals surface area contributed by atoms with E-state index in [0.29, 0.717) is 23.0 Å². The van der Waals surface area contributed by atoms with E-state index in [-0.39, 0.29) is 18.2 Å². The van der Waals surface area contributed by atoms with Crippen LogP contribution in [0, 0.1) is 26.7 Å². The first-order chi connectivity index (χ1) is 12.8. The zero-order valence-corrected chi connectivity index (χ0v) is 16.7. The minimum Gasteiger partial charge on any atom is -0.495 e. The maximum Gasteiger partial charge on any atom is 0.229 e. The molecule has 1 fully saturated rings. The van der Waals surface area contributed by atoms with Crippen LogP contribution in [0.1, 0.15) is 23.1 Å². The van der Waals surface area contributed by atoms with Crippen LogP contribution < -0.4 is 15.0 Å². The Bertz CT molecular complexity index is 911. The largest absolute Gasteiger partial charge is 0.495 e. The molecule has 1 aliphatic rings. The number of halogens is 1. The molecule has 0 spiro atoms. The lowest BCUT2D eigenvalue weighted by Gasteiger charge is -2.21. The highest BCUT2D eigenvalue weighted by molar-refractivity contribution is 6.31. The van der Waals surface area contributed by atoms with Crippen molar-refractivity contribution in [2.45, 2.75) is 27.2 Å². The molecule has 1 saturated heterocycles. The summed E-state index contributed by atoms with van der Waals surface area (Å²) in [6.07, 6.45) is 0.168. The number of amides is 2. The van der Waals surface area contributed by atoms with Gasteiger partial charge in [0, 0.05) is 29.7 Å². The van der Waals surface area contributed by atoms with Gasteiger partial charge < -0.3 is 15.0 Å². The smallest absolute Gasteiger partial charge is 0.229 e. The summed E-state index contributed by atoms with van der Waals surface area (Å²) in [6, 6.07) is 9.43. The average Bonchev–Trinajstić information content (AvgIpc) is 3.01. The predicted molar refractivity (Wildman–Crippen MR) is 108 cm³/mol. The van der Waals surface area contributed by atoms with Crippen molar-refractivity contribution in [2.75, 3.05) is 23.9 Å². The van der Waals surface area contributed by atoms with Crippen molar-refractivity contribution in [3.05, 3.63) is 52.0 Å². The molecule has 2 aromatic carbocycles. The van der Waals surface area contributed by atoms with E-state index in [1.807, 2.05) is 45.0 Å². The van der Waals surface area contributed by atoms with E-state index >= 15 is 0 Å². The molecule has 27 heavy (non-hydrogen) atoms. The molecule has 1 aliphatic heterocycles. The van der Waals surface area contributed by atoms with E-state index < -0.39 is 5.92 Å². The molecule has 6 heteroatoms. The highest BCUT2D eigenvalue weighted by atomic mass is 35.5. The van der Waals surface area contributed by atoms with Gasteiger partial charge in [-0.3, -0.25) is 9.59 Å². The monoisotopic (exact) mass is 386 g/mol. The maximum atomic E-state index is 12.7. The molecular formula is C21H23ClN2O3. The number of aryl methyl sites for hydroxylation is 3. The van der Waals surface area contributed by atoms with Crippen LogP contribution in [0.2, 0.25) is 5.02 Å². The van der Waals surface area contributed by atoms with Gasteiger partial charge in [0.1, 0.15) is 5.75 Å². The van der Waals surface area contributed by atoms with Crippen LogP contribution in [0.5, 0.6) is 5.75 Å². The van der Waals surface area contributed by atoms with E-state index in [2.05, 4.69) is 5.32 Å². The Hall–Kier alpha value is -2.53. The number of methoxy groups -OCH3 is 1. The predicted octanol–water partition coefficient (Wildman–Crippen LogP) is 4.27. The third kappa shape index (κ3) is 3.93. The minimum absolute atomic E-state index is 0.101. The Kier molecular flexibility index (Phi) is 5.42. The summed E-state index contributed by atoms with van der Waals surface area (Å²) in [5.41, 5.74) is 4.34. The Morgan fingerprint density at radius 2 is 1.93 bits per heavy atom. The molecule has 1 unspecified atom stereocenters. The van der Waals surface area contributed by atoms with Crippen molar-refractivity contribution in [3.63, 3.8) is 0 Å². The molecule has 2 amide bonds. The van der Waals surface area contributed by atoms with Gasteiger partial charge in [0.15, 0.2) is 0 Å². The van der Waals surface area contributed by atoms with Crippen molar-refractivity contribution in [2.24, 2.45) is 5.92 Å². The van der Waals surface area contributed by atoms with Crippen LogP contribution in [0.25, 0.3) is 0 Å². The van der Waals surface area contributed by atoms with Gasteiger partial charge in [-0.15, -0.1) is 0 Å². The van der Waals surface area contributed by atoms with Crippen LogP contribution in [0.4, 0.5) is 11.4 Å². The molecule has 0 saturated carbocycles. The fourth-order valence-corrected chi connectivity index (χ4v) is 3.40. The number of carbonyl (C=O) groups excluding carboxylic acids is 2. The van der Waals surface area contributed by atoms with E-state index in [1.165, 1.54) is 7.11 Å². The lowest BCUT2D eigenvalue weighted by atomic mass is 10.1. The summed E-state index contributed by atoms with van der Waals surface area (Å²) in [6.45, 7) is 6.11. The standard InChI is InChI=1S/C21H23ClN2O3/c1-12-5-6-13(2)17(7-12)23-21(26)15-9-20(25)24(11-15)18-8-14(3)16(22)10-19(18)27-4/h5-8,10,15H,9,11H2,1-4H3,(H,23,26). The normalized spacial score (nSPS) is 16.6. The van der Waals surface area contributed by atoms with Crippen LogP contribution in [-0.2, 0) is 9.59 Å². The second-order valence-corrected chi connectivity index (χ2v) is 7.39. The van der Waals surface area contributed by atoms with E-state index in [0.717, 1.165) is 22.4 Å². The van der Waals surface area contributed by atoms with Gasteiger partial charge in [0.05, 0.1) is 18.7 Å². The van der Waals surface area contributed by atoms with Gasteiger partial charge >= 0.3 is 0 Å². The minimum atomic E-state index is -0.418. The lowest BCUT2D eigenvalue weighted by molar-refractivity contribution is -0.122. The number of ether oxygens (including phenoxy) is 1. The SMILES string of the molecule is COc1cc(Cl)c(C)cc1N1CC(C(=O)Nc2cc(C)ccc2C)CC1=O. The number of carbonyl (C=O) groups is 2. The second kappa shape index (κ2) is 7.61. The molecule has 1 heterocycles. The molecule has 0 radical (unpaired) electrons. The summed E-state index contributed by atoms with van der Waals surface area (Å²) < 4.78 is 5.38. The summed E-state index contributed by atoms with van der Waals surface area (Å²) in [5.74, 6) is -0.145. The zero-order valence-electron chi connectivity index (χ0n) is 15.9. The zero-order chi connectivity index (χ0) is 19.7. The third-order valence-corrected chi connectivity index (χ3v) is 5.30. The fraction of sp³-hybridized carbons (Fsp3) is 0.333. The fourth-order valence-electron chi connectivity index (χ4n) is 3.24. The first-order valence-corrected chi connectivity index (χ1v) is 9.20.